The maximum Gasteiger partial charge on any atom is 0.272 e. The topological polar surface area (TPSA) is 43.3 Å². The summed E-state index contributed by atoms with van der Waals surface area (Å²) >= 11 is 0. The summed E-state index contributed by atoms with van der Waals surface area (Å²) in [6.07, 6.45) is 0. The first-order chi connectivity index (χ1) is 14.8. The predicted octanol–water partition coefficient (Wildman–Crippen LogP) is 6.25. The molecule has 1 N–H and O–H groups in total. The van der Waals surface area contributed by atoms with Crippen LogP contribution in [-0.2, 0) is 12.0 Å². The summed E-state index contributed by atoms with van der Waals surface area (Å²) in [6.45, 7) is 7.11. The third kappa shape index (κ3) is 4.48. The maximum absolute atomic E-state index is 13.2. The summed E-state index contributed by atoms with van der Waals surface area (Å²) in [7, 11) is 1.66. The van der Waals surface area contributed by atoms with Crippen molar-refractivity contribution in [3.05, 3.63) is 95.7 Å². The number of nitrogens with zero attached hydrogens (tertiary/aromatic N) is 1. The number of hydrogen-bond acceptors (Lipinski definition) is 2. The minimum Gasteiger partial charge on any atom is -0.497 e. The summed E-state index contributed by atoms with van der Waals surface area (Å²) in [5.74, 6) is 0.682. The second-order valence-electron chi connectivity index (χ2n) is 8.81. The summed E-state index contributed by atoms with van der Waals surface area (Å²) in [5, 5.41) is 4.10. The molecule has 4 rings (SSSR count). The van der Waals surface area contributed by atoms with Gasteiger partial charge in [0, 0.05) is 23.1 Å². The van der Waals surface area contributed by atoms with E-state index in [2.05, 4.69) is 42.8 Å². The lowest BCUT2D eigenvalue weighted by Crippen LogP contribution is -2.18. The number of carbonyl (C=O) groups excluding carboxylic acids is 1. The molecule has 0 radical (unpaired) electrons. The number of anilines is 1. The van der Waals surface area contributed by atoms with Crippen molar-refractivity contribution < 1.29 is 9.53 Å². The fourth-order valence-corrected chi connectivity index (χ4v) is 3.77. The number of amides is 1. The molecule has 0 bridgehead atoms. The van der Waals surface area contributed by atoms with Gasteiger partial charge in [0.1, 0.15) is 11.4 Å². The molecule has 4 heteroatoms. The number of rotatable bonds is 5. The van der Waals surface area contributed by atoms with Crippen molar-refractivity contribution in [3.8, 4) is 5.75 Å². The molecule has 3 aromatic carbocycles. The molecule has 1 amide bonds. The van der Waals surface area contributed by atoms with Crippen LogP contribution in [0.5, 0.6) is 5.75 Å². The van der Waals surface area contributed by atoms with Crippen molar-refractivity contribution in [2.75, 3.05) is 12.4 Å². The summed E-state index contributed by atoms with van der Waals surface area (Å²) in [5.41, 5.74) is 4.83. The molecule has 0 unspecified atom stereocenters. The average molecular weight is 413 g/mol. The fourth-order valence-electron chi connectivity index (χ4n) is 3.77. The Balaban J connectivity index is 1.66. The van der Waals surface area contributed by atoms with Gasteiger partial charge in [0.2, 0.25) is 0 Å². The van der Waals surface area contributed by atoms with Crippen LogP contribution in [-0.4, -0.2) is 17.6 Å². The van der Waals surface area contributed by atoms with E-state index < -0.39 is 0 Å². The van der Waals surface area contributed by atoms with Crippen LogP contribution in [0, 0.1) is 0 Å². The van der Waals surface area contributed by atoms with Gasteiger partial charge in [0.05, 0.1) is 7.11 Å². The first-order valence-corrected chi connectivity index (χ1v) is 10.5. The number of benzene rings is 3. The highest BCUT2D eigenvalue weighted by molar-refractivity contribution is 6.06. The van der Waals surface area contributed by atoms with E-state index >= 15 is 0 Å². The van der Waals surface area contributed by atoms with Gasteiger partial charge in [-0.25, -0.2) is 0 Å². The molecule has 0 spiro atoms. The Morgan fingerprint density at radius 3 is 2.39 bits per heavy atom. The number of fused-ring (bicyclic) bond motifs is 1. The molecule has 0 atom stereocenters. The highest BCUT2D eigenvalue weighted by Gasteiger charge is 2.17. The quantitative estimate of drug-likeness (QED) is 0.421. The number of aromatic nitrogens is 1. The SMILES string of the molecule is COc1cccc(Cn2c(C(=O)Nc3ccc(C(C)(C)C)cc3)cc3ccccc32)c1. The van der Waals surface area contributed by atoms with Gasteiger partial charge in [-0.15, -0.1) is 0 Å². The maximum atomic E-state index is 13.2. The van der Waals surface area contributed by atoms with Crippen molar-refractivity contribution in [2.24, 2.45) is 0 Å². The number of methoxy groups -OCH3 is 1. The van der Waals surface area contributed by atoms with Crippen molar-refractivity contribution in [1.29, 1.82) is 0 Å². The zero-order chi connectivity index (χ0) is 22.0. The predicted molar refractivity (Wildman–Crippen MR) is 127 cm³/mol. The number of nitrogens with one attached hydrogen (secondary N) is 1. The van der Waals surface area contributed by atoms with E-state index in [9.17, 15) is 4.79 Å². The Kier molecular flexibility index (Phi) is 5.55. The van der Waals surface area contributed by atoms with Gasteiger partial charge in [0.15, 0.2) is 0 Å². The van der Waals surface area contributed by atoms with Gasteiger partial charge in [-0.1, -0.05) is 63.2 Å². The lowest BCUT2D eigenvalue weighted by atomic mass is 9.87. The molecule has 31 heavy (non-hydrogen) atoms. The van der Waals surface area contributed by atoms with Crippen LogP contribution in [0.1, 0.15) is 42.4 Å². The van der Waals surface area contributed by atoms with Crippen molar-refractivity contribution in [1.82, 2.24) is 4.57 Å². The Hall–Kier alpha value is -3.53. The van der Waals surface area contributed by atoms with E-state index in [-0.39, 0.29) is 11.3 Å². The van der Waals surface area contributed by atoms with Gasteiger partial charge >= 0.3 is 0 Å². The van der Waals surface area contributed by atoms with E-state index in [0.717, 1.165) is 27.9 Å². The Labute approximate surface area is 183 Å². The molecule has 158 valence electrons. The largest absolute Gasteiger partial charge is 0.497 e. The van der Waals surface area contributed by atoms with E-state index in [4.69, 9.17) is 4.74 Å². The van der Waals surface area contributed by atoms with Crippen molar-refractivity contribution in [3.63, 3.8) is 0 Å². The van der Waals surface area contributed by atoms with Crippen LogP contribution in [0.3, 0.4) is 0 Å². The third-order valence-electron chi connectivity index (χ3n) is 5.53. The molecule has 4 nitrogen and oxygen atoms in total. The lowest BCUT2D eigenvalue weighted by Gasteiger charge is -2.19. The minimum atomic E-state index is -0.123. The summed E-state index contributed by atoms with van der Waals surface area (Å²) in [4.78, 5) is 13.2. The second kappa shape index (κ2) is 8.31. The molecule has 0 aliphatic carbocycles. The van der Waals surface area contributed by atoms with Crippen LogP contribution in [0.2, 0.25) is 0 Å². The zero-order valence-corrected chi connectivity index (χ0v) is 18.5. The van der Waals surface area contributed by atoms with Gasteiger partial charge in [-0.2, -0.15) is 0 Å². The van der Waals surface area contributed by atoms with Gasteiger partial charge in [-0.05, 0) is 52.9 Å². The van der Waals surface area contributed by atoms with Crippen molar-refractivity contribution >= 4 is 22.5 Å². The van der Waals surface area contributed by atoms with Crippen LogP contribution in [0.25, 0.3) is 10.9 Å². The smallest absolute Gasteiger partial charge is 0.272 e. The minimum absolute atomic E-state index is 0.0751. The molecule has 0 saturated carbocycles. The zero-order valence-electron chi connectivity index (χ0n) is 18.5. The van der Waals surface area contributed by atoms with Crippen molar-refractivity contribution in [2.45, 2.75) is 32.7 Å². The fraction of sp³-hybridized carbons (Fsp3) is 0.222. The first-order valence-electron chi connectivity index (χ1n) is 10.5. The number of ether oxygens (including phenoxy) is 1. The van der Waals surface area contributed by atoms with Crippen LogP contribution in [0.4, 0.5) is 5.69 Å². The first kappa shape index (κ1) is 20.7. The Morgan fingerprint density at radius 2 is 1.68 bits per heavy atom. The van der Waals surface area contributed by atoms with E-state index in [1.807, 2.05) is 66.7 Å². The van der Waals surface area contributed by atoms with Crippen LogP contribution in [0.15, 0.2) is 78.9 Å². The van der Waals surface area contributed by atoms with Crippen LogP contribution >= 0.6 is 0 Å². The normalized spacial score (nSPS) is 11.5. The molecule has 1 heterocycles. The summed E-state index contributed by atoms with van der Waals surface area (Å²) in [6, 6.07) is 26.0. The standard InChI is InChI=1S/C27H28N2O2/c1-27(2,3)21-12-14-22(15-13-21)28-26(30)25-17-20-9-5-6-11-24(20)29(25)18-19-8-7-10-23(16-19)31-4/h5-17H,18H2,1-4H3,(H,28,30). The molecule has 0 saturated heterocycles. The monoisotopic (exact) mass is 412 g/mol. The lowest BCUT2D eigenvalue weighted by molar-refractivity contribution is 0.101. The molecular weight excluding hydrogens is 384 g/mol. The van der Waals surface area contributed by atoms with E-state index in [0.29, 0.717) is 12.2 Å². The van der Waals surface area contributed by atoms with Gasteiger partial charge in [-0.3, -0.25) is 4.79 Å². The highest BCUT2D eigenvalue weighted by Crippen LogP contribution is 2.26. The number of carbonyl (C=O) groups is 1. The molecule has 4 aromatic rings. The molecule has 0 aliphatic heterocycles. The van der Waals surface area contributed by atoms with E-state index in [1.54, 1.807) is 7.11 Å². The molecular formula is C27H28N2O2. The molecule has 1 aromatic heterocycles. The van der Waals surface area contributed by atoms with Crippen LogP contribution < -0.4 is 10.1 Å². The number of para-hydroxylation sites is 1. The summed E-state index contributed by atoms with van der Waals surface area (Å²) < 4.78 is 7.42. The van der Waals surface area contributed by atoms with Gasteiger partial charge in [0.25, 0.3) is 5.91 Å². The molecule has 0 aliphatic rings. The van der Waals surface area contributed by atoms with Gasteiger partial charge < -0.3 is 14.6 Å². The third-order valence-corrected chi connectivity index (χ3v) is 5.53. The average Bonchev–Trinajstić information content (AvgIpc) is 3.12. The Morgan fingerprint density at radius 1 is 0.935 bits per heavy atom. The molecule has 0 fully saturated rings. The Bertz CT molecular complexity index is 1210. The second-order valence-corrected chi connectivity index (χ2v) is 8.81. The highest BCUT2D eigenvalue weighted by atomic mass is 16.5. The number of hydrogen-bond donors (Lipinski definition) is 1. The van der Waals surface area contributed by atoms with E-state index in [1.165, 1.54) is 5.56 Å².